The Bertz CT molecular complexity index is 329. The summed E-state index contributed by atoms with van der Waals surface area (Å²) < 4.78 is 0. The van der Waals surface area contributed by atoms with Crippen molar-refractivity contribution in [1.82, 2.24) is 20.5 Å². The molecule has 0 atom stereocenters. The van der Waals surface area contributed by atoms with Crippen LogP contribution in [0.3, 0.4) is 0 Å². The first kappa shape index (κ1) is 9.24. The van der Waals surface area contributed by atoms with E-state index in [2.05, 4.69) is 27.1 Å². The number of hydrogen-bond acceptors (Lipinski definition) is 4. The molecule has 1 heterocycles. The SMILES string of the molecule is C=C(C)CNC(=O)c1nc(N)n[nH]1. The van der Waals surface area contributed by atoms with E-state index in [1.807, 2.05) is 6.92 Å². The molecule has 0 aliphatic carbocycles. The molecule has 0 fully saturated rings. The fraction of sp³-hybridized carbons (Fsp3) is 0.286. The van der Waals surface area contributed by atoms with Crippen molar-refractivity contribution in [2.24, 2.45) is 0 Å². The van der Waals surface area contributed by atoms with Crippen molar-refractivity contribution in [3.8, 4) is 0 Å². The highest BCUT2D eigenvalue weighted by atomic mass is 16.2. The summed E-state index contributed by atoms with van der Waals surface area (Å²) in [5.74, 6) is -0.175. The number of anilines is 1. The Balaban J connectivity index is 2.54. The average Bonchev–Trinajstić information content (AvgIpc) is 2.47. The maximum atomic E-state index is 11.2. The molecule has 13 heavy (non-hydrogen) atoms. The van der Waals surface area contributed by atoms with Crippen LogP contribution in [0.25, 0.3) is 0 Å². The van der Waals surface area contributed by atoms with Gasteiger partial charge in [0.1, 0.15) is 0 Å². The molecule has 0 saturated carbocycles. The first-order valence-corrected chi connectivity index (χ1v) is 3.70. The van der Waals surface area contributed by atoms with E-state index in [4.69, 9.17) is 5.73 Å². The lowest BCUT2D eigenvalue weighted by Gasteiger charge is -2.00. The van der Waals surface area contributed by atoms with E-state index in [0.29, 0.717) is 6.54 Å². The van der Waals surface area contributed by atoms with Crippen LogP contribution < -0.4 is 11.1 Å². The average molecular weight is 181 g/mol. The Morgan fingerprint density at radius 3 is 2.92 bits per heavy atom. The minimum Gasteiger partial charge on any atom is -0.366 e. The summed E-state index contributed by atoms with van der Waals surface area (Å²) >= 11 is 0. The van der Waals surface area contributed by atoms with Crippen LogP contribution in [0.2, 0.25) is 0 Å². The van der Waals surface area contributed by atoms with Crippen LogP contribution in [-0.4, -0.2) is 27.6 Å². The number of nitrogens with zero attached hydrogens (tertiary/aromatic N) is 2. The monoisotopic (exact) mass is 181 g/mol. The van der Waals surface area contributed by atoms with Crippen molar-refractivity contribution in [3.05, 3.63) is 18.0 Å². The number of rotatable bonds is 3. The van der Waals surface area contributed by atoms with E-state index in [-0.39, 0.29) is 17.7 Å². The molecule has 1 amide bonds. The molecule has 0 aliphatic heterocycles. The maximum absolute atomic E-state index is 11.2. The zero-order chi connectivity index (χ0) is 9.84. The quantitative estimate of drug-likeness (QED) is 0.557. The Kier molecular flexibility index (Phi) is 2.63. The van der Waals surface area contributed by atoms with Crippen LogP contribution in [0, 0.1) is 0 Å². The molecule has 4 N–H and O–H groups in total. The predicted molar refractivity (Wildman–Crippen MR) is 47.9 cm³/mol. The van der Waals surface area contributed by atoms with Crippen molar-refractivity contribution in [2.75, 3.05) is 12.3 Å². The topological polar surface area (TPSA) is 96.7 Å². The second kappa shape index (κ2) is 3.70. The second-order valence-electron chi connectivity index (χ2n) is 2.68. The molecule has 0 radical (unpaired) electrons. The van der Waals surface area contributed by atoms with Crippen LogP contribution in [-0.2, 0) is 0 Å². The third-order valence-electron chi connectivity index (χ3n) is 1.27. The van der Waals surface area contributed by atoms with E-state index in [9.17, 15) is 4.79 Å². The Morgan fingerprint density at radius 2 is 2.46 bits per heavy atom. The second-order valence-corrected chi connectivity index (χ2v) is 2.68. The smallest absolute Gasteiger partial charge is 0.288 e. The van der Waals surface area contributed by atoms with Crippen LogP contribution in [0.4, 0.5) is 5.95 Å². The standard InChI is InChI=1S/C7H11N5O/c1-4(2)3-9-6(13)5-10-7(8)12-11-5/h1,3H2,2H3,(H,9,13)(H3,8,10,11,12). The van der Waals surface area contributed by atoms with E-state index in [0.717, 1.165) is 5.57 Å². The maximum Gasteiger partial charge on any atom is 0.288 e. The van der Waals surface area contributed by atoms with Gasteiger partial charge in [-0.2, -0.15) is 4.98 Å². The van der Waals surface area contributed by atoms with Crippen LogP contribution in [0.1, 0.15) is 17.5 Å². The molecule has 0 saturated heterocycles. The highest BCUT2D eigenvalue weighted by molar-refractivity contribution is 5.90. The normalized spacial score (nSPS) is 9.62. The van der Waals surface area contributed by atoms with Gasteiger partial charge in [-0.3, -0.25) is 9.89 Å². The molecule has 1 aromatic rings. The Labute approximate surface area is 75.2 Å². The van der Waals surface area contributed by atoms with Gasteiger partial charge < -0.3 is 11.1 Å². The van der Waals surface area contributed by atoms with Gasteiger partial charge in [0, 0.05) is 6.54 Å². The molecule has 6 nitrogen and oxygen atoms in total. The molecule has 1 aromatic heterocycles. The van der Waals surface area contributed by atoms with Gasteiger partial charge in [0.25, 0.3) is 5.91 Å². The molecule has 0 aliphatic rings. The van der Waals surface area contributed by atoms with Gasteiger partial charge in [0.2, 0.25) is 11.8 Å². The predicted octanol–water partition coefficient (Wildman–Crippen LogP) is -0.307. The number of carbonyl (C=O) groups is 1. The van der Waals surface area contributed by atoms with Gasteiger partial charge in [-0.25, -0.2) is 0 Å². The third-order valence-corrected chi connectivity index (χ3v) is 1.27. The van der Waals surface area contributed by atoms with Gasteiger partial charge in [0.15, 0.2) is 0 Å². The number of carbonyl (C=O) groups excluding carboxylic acids is 1. The summed E-state index contributed by atoms with van der Waals surface area (Å²) in [6.07, 6.45) is 0. The fourth-order valence-corrected chi connectivity index (χ4v) is 0.691. The Morgan fingerprint density at radius 1 is 1.77 bits per heavy atom. The van der Waals surface area contributed by atoms with Crippen molar-refractivity contribution in [2.45, 2.75) is 6.92 Å². The summed E-state index contributed by atoms with van der Waals surface area (Å²) in [6.45, 7) is 5.87. The molecular weight excluding hydrogens is 170 g/mol. The first-order valence-electron chi connectivity index (χ1n) is 3.70. The number of nitrogens with two attached hydrogens (primary N) is 1. The fourth-order valence-electron chi connectivity index (χ4n) is 0.691. The summed E-state index contributed by atoms with van der Waals surface area (Å²) in [6, 6.07) is 0. The van der Waals surface area contributed by atoms with Crippen molar-refractivity contribution >= 4 is 11.9 Å². The lowest BCUT2D eigenvalue weighted by molar-refractivity contribution is 0.0947. The Hall–Kier alpha value is -1.85. The molecule has 0 aromatic carbocycles. The first-order chi connectivity index (χ1) is 6.09. The van der Waals surface area contributed by atoms with Crippen LogP contribution in [0.15, 0.2) is 12.2 Å². The van der Waals surface area contributed by atoms with Gasteiger partial charge >= 0.3 is 0 Å². The highest BCUT2D eigenvalue weighted by Gasteiger charge is 2.08. The zero-order valence-corrected chi connectivity index (χ0v) is 7.29. The number of nitrogen functional groups attached to an aromatic ring is 1. The van der Waals surface area contributed by atoms with E-state index >= 15 is 0 Å². The molecule has 0 spiro atoms. The lowest BCUT2D eigenvalue weighted by Crippen LogP contribution is -2.25. The van der Waals surface area contributed by atoms with E-state index in [1.165, 1.54) is 0 Å². The van der Waals surface area contributed by atoms with Crippen LogP contribution >= 0.6 is 0 Å². The van der Waals surface area contributed by atoms with Gasteiger partial charge in [-0.05, 0) is 6.92 Å². The number of nitrogens with one attached hydrogen (secondary N) is 2. The van der Waals surface area contributed by atoms with Gasteiger partial charge in [0.05, 0.1) is 0 Å². The number of H-pyrrole nitrogens is 1. The third kappa shape index (κ3) is 2.58. The van der Waals surface area contributed by atoms with Gasteiger partial charge in [-0.1, -0.05) is 12.2 Å². The number of amides is 1. The molecule has 0 bridgehead atoms. The molecule has 0 unspecified atom stereocenters. The molecular formula is C7H11N5O. The molecule has 70 valence electrons. The molecule has 1 rings (SSSR count). The number of hydrogen-bond donors (Lipinski definition) is 3. The van der Waals surface area contributed by atoms with Crippen LogP contribution in [0.5, 0.6) is 0 Å². The van der Waals surface area contributed by atoms with Crippen molar-refractivity contribution in [1.29, 1.82) is 0 Å². The van der Waals surface area contributed by atoms with E-state index < -0.39 is 0 Å². The molecule has 6 heteroatoms. The van der Waals surface area contributed by atoms with Crippen molar-refractivity contribution in [3.63, 3.8) is 0 Å². The minimum absolute atomic E-state index is 0.0560. The zero-order valence-electron chi connectivity index (χ0n) is 7.29. The lowest BCUT2D eigenvalue weighted by atomic mass is 10.3. The van der Waals surface area contributed by atoms with Crippen molar-refractivity contribution < 1.29 is 4.79 Å². The number of aromatic amines is 1. The van der Waals surface area contributed by atoms with E-state index in [1.54, 1.807) is 0 Å². The van der Waals surface area contributed by atoms with Gasteiger partial charge in [-0.15, -0.1) is 5.10 Å². The summed E-state index contributed by atoms with van der Waals surface area (Å²) in [5, 5.41) is 8.51. The number of aromatic nitrogens is 3. The largest absolute Gasteiger partial charge is 0.366 e. The summed E-state index contributed by atoms with van der Waals surface area (Å²) in [4.78, 5) is 14.9. The minimum atomic E-state index is -0.341. The summed E-state index contributed by atoms with van der Waals surface area (Å²) in [7, 11) is 0. The summed E-state index contributed by atoms with van der Waals surface area (Å²) in [5.41, 5.74) is 6.08. The highest BCUT2D eigenvalue weighted by Crippen LogP contribution is 1.92.